The van der Waals surface area contributed by atoms with Gasteiger partial charge < -0.3 is 5.32 Å². The van der Waals surface area contributed by atoms with Gasteiger partial charge in [0.2, 0.25) is 0 Å². The van der Waals surface area contributed by atoms with Crippen molar-refractivity contribution in [1.29, 1.82) is 0 Å². The second-order valence-electron chi connectivity index (χ2n) is 4.48. The van der Waals surface area contributed by atoms with E-state index in [0.717, 1.165) is 39.5 Å². The molecule has 5 heteroatoms. The van der Waals surface area contributed by atoms with Crippen molar-refractivity contribution in [2.75, 3.05) is 12.4 Å². The van der Waals surface area contributed by atoms with Gasteiger partial charge >= 0.3 is 0 Å². The fourth-order valence-electron chi connectivity index (χ4n) is 1.86. The summed E-state index contributed by atoms with van der Waals surface area (Å²) in [4.78, 5) is 10.4. The lowest BCUT2D eigenvalue weighted by Crippen LogP contribution is -2.04. The van der Waals surface area contributed by atoms with Crippen molar-refractivity contribution in [3.63, 3.8) is 0 Å². The molecule has 0 atom stereocenters. The van der Waals surface area contributed by atoms with Crippen LogP contribution in [0.2, 0.25) is 0 Å². The van der Waals surface area contributed by atoms with Gasteiger partial charge in [-0.15, -0.1) is 0 Å². The molecule has 0 amide bonds. The third-order valence-electron chi connectivity index (χ3n) is 2.87. The number of anilines is 1. The Balaban J connectivity index is 2.36. The van der Waals surface area contributed by atoms with Crippen LogP contribution in [0.25, 0.3) is 0 Å². The molecule has 2 aromatic rings. The number of aryl methyl sites for hydroxylation is 1. The molecular formula is C15H18BrN3S. The molecule has 0 aliphatic rings. The predicted octanol–water partition coefficient (Wildman–Crippen LogP) is 4.69. The number of hydrogen-bond acceptors (Lipinski definition) is 4. The summed E-state index contributed by atoms with van der Waals surface area (Å²) in [7, 11) is 1.90. The highest BCUT2D eigenvalue weighted by atomic mass is 79.9. The van der Waals surface area contributed by atoms with E-state index in [1.165, 1.54) is 4.90 Å². The predicted molar refractivity (Wildman–Crippen MR) is 88.6 cm³/mol. The zero-order valence-corrected chi connectivity index (χ0v) is 14.3. The maximum absolute atomic E-state index is 4.69. The minimum Gasteiger partial charge on any atom is -0.373 e. The Morgan fingerprint density at radius 3 is 2.75 bits per heavy atom. The molecule has 0 spiro atoms. The summed E-state index contributed by atoms with van der Waals surface area (Å²) in [5.74, 6) is 1.82. The van der Waals surface area contributed by atoms with Gasteiger partial charge in [0.25, 0.3) is 0 Å². The number of aromatic nitrogens is 2. The van der Waals surface area contributed by atoms with Crippen LogP contribution in [-0.2, 0) is 6.42 Å². The Kier molecular flexibility index (Phi) is 5.43. The molecular weight excluding hydrogens is 334 g/mol. The maximum Gasteiger partial charge on any atom is 0.133 e. The van der Waals surface area contributed by atoms with E-state index in [1.54, 1.807) is 11.8 Å². The number of hydrogen-bond donors (Lipinski definition) is 1. The monoisotopic (exact) mass is 351 g/mol. The summed E-state index contributed by atoms with van der Waals surface area (Å²) in [5, 5.41) is 4.18. The molecule has 20 heavy (non-hydrogen) atoms. The van der Waals surface area contributed by atoms with Crippen LogP contribution in [0.5, 0.6) is 0 Å². The minimum atomic E-state index is 0.903. The van der Waals surface area contributed by atoms with E-state index in [1.807, 2.05) is 19.2 Å². The number of rotatable bonds is 5. The van der Waals surface area contributed by atoms with E-state index in [0.29, 0.717) is 0 Å². The van der Waals surface area contributed by atoms with Crippen molar-refractivity contribution < 1.29 is 0 Å². The van der Waals surface area contributed by atoms with Gasteiger partial charge in [-0.1, -0.05) is 40.7 Å². The van der Waals surface area contributed by atoms with Crippen molar-refractivity contribution >= 4 is 33.5 Å². The van der Waals surface area contributed by atoms with Crippen LogP contribution in [0.4, 0.5) is 5.82 Å². The Labute approximate surface area is 132 Å². The van der Waals surface area contributed by atoms with Crippen LogP contribution in [0.1, 0.15) is 24.7 Å². The normalized spacial score (nSPS) is 10.6. The summed E-state index contributed by atoms with van der Waals surface area (Å²) in [5.41, 5.74) is 1.09. The Morgan fingerprint density at radius 2 is 2.10 bits per heavy atom. The van der Waals surface area contributed by atoms with Gasteiger partial charge in [0.15, 0.2) is 0 Å². The van der Waals surface area contributed by atoms with Crippen LogP contribution < -0.4 is 5.32 Å². The molecule has 0 unspecified atom stereocenters. The largest absolute Gasteiger partial charge is 0.373 e. The van der Waals surface area contributed by atoms with E-state index in [2.05, 4.69) is 52.2 Å². The molecule has 1 aromatic carbocycles. The van der Waals surface area contributed by atoms with Gasteiger partial charge in [0, 0.05) is 28.4 Å². The summed E-state index contributed by atoms with van der Waals surface area (Å²) in [6.07, 6.45) is 1.95. The van der Waals surface area contributed by atoms with Gasteiger partial charge in [-0.3, -0.25) is 0 Å². The van der Waals surface area contributed by atoms with E-state index in [4.69, 9.17) is 4.98 Å². The zero-order chi connectivity index (χ0) is 14.5. The fourth-order valence-corrected chi connectivity index (χ4v) is 3.37. The molecule has 2 rings (SSSR count). The average molecular weight is 352 g/mol. The third kappa shape index (κ3) is 3.73. The Morgan fingerprint density at radius 1 is 1.30 bits per heavy atom. The van der Waals surface area contributed by atoms with Crippen LogP contribution in [0.15, 0.2) is 38.7 Å². The first-order chi connectivity index (χ1) is 9.63. The van der Waals surface area contributed by atoms with Crippen molar-refractivity contribution in [2.45, 2.75) is 36.6 Å². The second-order valence-corrected chi connectivity index (χ2v) is 6.46. The summed E-state index contributed by atoms with van der Waals surface area (Å²) in [6, 6.07) is 8.26. The third-order valence-corrected chi connectivity index (χ3v) is 4.44. The van der Waals surface area contributed by atoms with Crippen molar-refractivity contribution in [2.24, 2.45) is 0 Å². The standard InChI is InChI=1S/C15H18BrN3S/c1-4-6-13-18-14(17-3)10(2)15(19-13)20-12-8-5-7-11(16)9-12/h5,7-9H,4,6H2,1-3H3,(H,17,18,19). The van der Waals surface area contributed by atoms with Gasteiger partial charge in [0.05, 0.1) is 0 Å². The molecule has 0 saturated carbocycles. The van der Waals surface area contributed by atoms with Crippen LogP contribution >= 0.6 is 27.7 Å². The second kappa shape index (κ2) is 7.09. The quantitative estimate of drug-likeness (QED) is 0.792. The fraction of sp³-hybridized carbons (Fsp3) is 0.333. The lowest BCUT2D eigenvalue weighted by atomic mass is 10.3. The highest BCUT2D eigenvalue weighted by Crippen LogP contribution is 2.32. The van der Waals surface area contributed by atoms with Crippen molar-refractivity contribution in [3.8, 4) is 0 Å². The first kappa shape index (κ1) is 15.3. The van der Waals surface area contributed by atoms with E-state index >= 15 is 0 Å². The van der Waals surface area contributed by atoms with Crippen LogP contribution in [-0.4, -0.2) is 17.0 Å². The summed E-state index contributed by atoms with van der Waals surface area (Å²) < 4.78 is 1.08. The lowest BCUT2D eigenvalue weighted by molar-refractivity contribution is 0.804. The van der Waals surface area contributed by atoms with Gasteiger partial charge in [0.1, 0.15) is 16.7 Å². The topological polar surface area (TPSA) is 37.8 Å². The molecule has 0 saturated heterocycles. The molecule has 0 bridgehead atoms. The van der Waals surface area contributed by atoms with Gasteiger partial charge in [-0.2, -0.15) is 0 Å². The van der Waals surface area contributed by atoms with Crippen molar-refractivity contribution in [3.05, 3.63) is 40.1 Å². The molecule has 0 aliphatic heterocycles. The van der Waals surface area contributed by atoms with Gasteiger partial charge in [-0.05, 0) is 31.5 Å². The Bertz CT molecular complexity index is 602. The number of nitrogens with one attached hydrogen (secondary N) is 1. The number of benzene rings is 1. The molecule has 0 aliphatic carbocycles. The van der Waals surface area contributed by atoms with Crippen LogP contribution in [0.3, 0.4) is 0 Å². The smallest absolute Gasteiger partial charge is 0.133 e. The molecule has 3 nitrogen and oxygen atoms in total. The van der Waals surface area contributed by atoms with Gasteiger partial charge in [-0.25, -0.2) is 9.97 Å². The minimum absolute atomic E-state index is 0.903. The number of nitrogens with zero attached hydrogens (tertiary/aromatic N) is 2. The SMILES string of the molecule is CCCc1nc(NC)c(C)c(Sc2cccc(Br)c2)n1. The highest BCUT2D eigenvalue weighted by Gasteiger charge is 2.11. The highest BCUT2D eigenvalue weighted by molar-refractivity contribution is 9.10. The summed E-state index contributed by atoms with van der Waals surface area (Å²) in [6.45, 7) is 4.20. The van der Waals surface area contributed by atoms with Crippen molar-refractivity contribution in [1.82, 2.24) is 9.97 Å². The van der Waals surface area contributed by atoms with E-state index in [9.17, 15) is 0 Å². The maximum atomic E-state index is 4.69. The van der Waals surface area contributed by atoms with Crippen LogP contribution in [0, 0.1) is 6.92 Å². The molecule has 1 aromatic heterocycles. The zero-order valence-electron chi connectivity index (χ0n) is 11.9. The molecule has 1 heterocycles. The van der Waals surface area contributed by atoms with E-state index < -0.39 is 0 Å². The average Bonchev–Trinajstić information content (AvgIpc) is 2.42. The molecule has 0 radical (unpaired) electrons. The molecule has 1 N–H and O–H groups in total. The Hall–Kier alpha value is -1.07. The lowest BCUT2D eigenvalue weighted by Gasteiger charge is -2.11. The van der Waals surface area contributed by atoms with E-state index in [-0.39, 0.29) is 0 Å². The number of halogens is 1. The summed E-state index contributed by atoms with van der Waals surface area (Å²) >= 11 is 5.18. The molecule has 106 valence electrons. The first-order valence-electron chi connectivity index (χ1n) is 6.62. The molecule has 0 fully saturated rings. The first-order valence-corrected chi connectivity index (χ1v) is 8.23.